The van der Waals surface area contributed by atoms with E-state index < -0.39 is 5.82 Å². The standard InChI is InChI=1S/C24H29FN4O3/c1-15(2)23(31)28-9-11-29(12-10-28)24(32)19-13-16(7-8-20(19)25)14-21-17-5-3-4-6-18(17)22(30)27-26-21/h7-8,13,15H,3-6,9-12,14H2,1-2H3,(H,27,30). The van der Waals surface area contributed by atoms with E-state index in [0.717, 1.165) is 48.1 Å². The summed E-state index contributed by atoms with van der Waals surface area (Å²) in [7, 11) is 0. The van der Waals surface area contributed by atoms with Gasteiger partial charge in [-0.05, 0) is 48.9 Å². The van der Waals surface area contributed by atoms with Gasteiger partial charge in [0.05, 0.1) is 11.3 Å². The molecule has 1 aliphatic carbocycles. The number of rotatable bonds is 4. The fraction of sp³-hybridized carbons (Fsp3) is 0.500. The summed E-state index contributed by atoms with van der Waals surface area (Å²) in [6.07, 6.45) is 4.00. The van der Waals surface area contributed by atoms with Crippen molar-refractivity contribution in [3.63, 3.8) is 0 Å². The maximum atomic E-state index is 14.6. The number of nitrogens with zero attached hydrogens (tertiary/aromatic N) is 3. The number of hydrogen-bond donors (Lipinski definition) is 1. The molecule has 2 amide bonds. The number of H-pyrrole nitrogens is 1. The molecule has 32 heavy (non-hydrogen) atoms. The van der Waals surface area contributed by atoms with E-state index in [9.17, 15) is 18.8 Å². The molecule has 1 saturated heterocycles. The highest BCUT2D eigenvalue weighted by Gasteiger charge is 2.27. The van der Waals surface area contributed by atoms with Gasteiger partial charge in [-0.1, -0.05) is 19.9 Å². The highest BCUT2D eigenvalue weighted by molar-refractivity contribution is 5.95. The number of piperazine rings is 1. The molecule has 1 aliphatic heterocycles. The predicted octanol–water partition coefficient (Wildman–Crippen LogP) is 2.32. The Kier molecular flexibility index (Phi) is 6.39. The normalized spacial score (nSPS) is 16.2. The van der Waals surface area contributed by atoms with Crippen LogP contribution in [-0.4, -0.2) is 58.0 Å². The number of carbonyl (C=O) groups is 2. The molecule has 2 aliphatic rings. The third-order valence-electron chi connectivity index (χ3n) is 6.39. The van der Waals surface area contributed by atoms with Gasteiger partial charge in [0.2, 0.25) is 5.91 Å². The summed E-state index contributed by atoms with van der Waals surface area (Å²) in [5.74, 6) is -0.936. The number of aromatic nitrogens is 2. The Hall–Kier alpha value is -3.03. The van der Waals surface area contributed by atoms with Crippen LogP contribution in [0, 0.1) is 11.7 Å². The zero-order valence-corrected chi connectivity index (χ0v) is 18.6. The molecule has 0 saturated carbocycles. The Morgan fingerprint density at radius 2 is 1.72 bits per heavy atom. The van der Waals surface area contributed by atoms with Crippen LogP contribution in [0.25, 0.3) is 0 Å². The van der Waals surface area contributed by atoms with E-state index >= 15 is 0 Å². The summed E-state index contributed by atoms with van der Waals surface area (Å²) in [6.45, 7) is 5.39. The average Bonchev–Trinajstić information content (AvgIpc) is 2.81. The number of fused-ring (bicyclic) bond motifs is 1. The number of amides is 2. The van der Waals surface area contributed by atoms with E-state index in [1.807, 2.05) is 13.8 Å². The van der Waals surface area contributed by atoms with Gasteiger partial charge in [0.15, 0.2) is 0 Å². The molecular formula is C24H29FN4O3. The monoisotopic (exact) mass is 440 g/mol. The zero-order valence-electron chi connectivity index (χ0n) is 18.6. The lowest BCUT2D eigenvalue weighted by molar-refractivity contribution is -0.135. The van der Waals surface area contributed by atoms with Crippen LogP contribution in [0.4, 0.5) is 4.39 Å². The Labute approximate surface area is 186 Å². The molecule has 170 valence electrons. The van der Waals surface area contributed by atoms with Crippen LogP contribution in [-0.2, 0) is 24.1 Å². The smallest absolute Gasteiger partial charge is 0.267 e. The molecule has 2 heterocycles. The van der Waals surface area contributed by atoms with Gasteiger partial charge in [-0.25, -0.2) is 9.49 Å². The third kappa shape index (κ3) is 4.45. The van der Waals surface area contributed by atoms with Crippen LogP contribution in [0.2, 0.25) is 0 Å². The third-order valence-corrected chi connectivity index (χ3v) is 6.39. The van der Waals surface area contributed by atoms with Crippen molar-refractivity contribution in [1.82, 2.24) is 20.0 Å². The van der Waals surface area contributed by atoms with Crippen molar-refractivity contribution in [2.24, 2.45) is 5.92 Å². The van der Waals surface area contributed by atoms with Gasteiger partial charge in [-0.2, -0.15) is 5.10 Å². The number of nitrogens with one attached hydrogen (secondary N) is 1. The second-order valence-electron chi connectivity index (χ2n) is 8.93. The summed E-state index contributed by atoms with van der Waals surface area (Å²) < 4.78 is 14.6. The van der Waals surface area contributed by atoms with Crippen molar-refractivity contribution in [2.45, 2.75) is 46.0 Å². The van der Waals surface area contributed by atoms with E-state index in [1.54, 1.807) is 21.9 Å². The van der Waals surface area contributed by atoms with Gasteiger partial charge < -0.3 is 9.80 Å². The molecule has 8 heteroatoms. The average molecular weight is 441 g/mol. The lowest BCUT2D eigenvalue weighted by Crippen LogP contribution is -2.51. The van der Waals surface area contributed by atoms with Crippen LogP contribution >= 0.6 is 0 Å². The molecule has 4 rings (SSSR count). The SMILES string of the molecule is CC(C)C(=O)N1CCN(C(=O)c2cc(Cc3n[nH]c(=O)c4c3CCCC4)ccc2F)CC1. The molecule has 2 aromatic rings. The minimum atomic E-state index is -0.559. The van der Waals surface area contributed by atoms with Crippen molar-refractivity contribution in [3.05, 3.63) is 62.3 Å². The summed E-state index contributed by atoms with van der Waals surface area (Å²) in [6, 6.07) is 4.57. The largest absolute Gasteiger partial charge is 0.339 e. The van der Waals surface area contributed by atoms with Crippen LogP contribution in [0.15, 0.2) is 23.0 Å². The fourth-order valence-electron chi connectivity index (χ4n) is 4.58. The molecule has 0 atom stereocenters. The number of carbonyl (C=O) groups excluding carboxylic acids is 2. The van der Waals surface area contributed by atoms with Crippen LogP contribution in [0.3, 0.4) is 0 Å². The summed E-state index contributed by atoms with van der Waals surface area (Å²) in [5.41, 5.74) is 3.25. The second kappa shape index (κ2) is 9.22. The molecule has 7 nitrogen and oxygen atoms in total. The Bertz CT molecular complexity index is 1090. The first kappa shape index (κ1) is 22.2. The van der Waals surface area contributed by atoms with E-state index in [2.05, 4.69) is 10.2 Å². The first-order chi connectivity index (χ1) is 15.3. The van der Waals surface area contributed by atoms with Gasteiger partial charge in [-0.15, -0.1) is 0 Å². The Morgan fingerprint density at radius 1 is 1.06 bits per heavy atom. The maximum Gasteiger partial charge on any atom is 0.267 e. The van der Waals surface area contributed by atoms with Crippen molar-refractivity contribution in [3.8, 4) is 0 Å². The Morgan fingerprint density at radius 3 is 2.41 bits per heavy atom. The van der Waals surface area contributed by atoms with Crippen LogP contribution in [0.1, 0.15) is 59.4 Å². The minimum Gasteiger partial charge on any atom is -0.339 e. The van der Waals surface area contributed by atoms with Crippen molar-refractivity contribution < 1.29 is 14.0 Å². The molecule has 1 N–H and O–H groups in total. The fourth-order valence-corrected chi connectivity index (χ4v) is 4.58. The van der Waals surface area contributed by atoms with E-state index in [-0.39, 0.29) is 28.9 Å². The molecular weight excluding hydrogens is 411 g/mol. The highest BCUT2D eigenvalue weighted by atomic mass is 19.1. The molecule has 0 bridgehead atoms. The number of benzene rings is 1. The summed E-state index contributed by atoms with van der Waals surface area (Å²) in [4.78, 5) is 40.7. The highest BCUT2D eigenvalue weighted by Crippen LogP contribution is 2.23. The van der Waals surface area contributed by atoms with Crippen molar-refractivity contribution >= 4 is 11.8 Å². The molecule has 1 aromatic heterocycles. The van der Waals surface area contributed by atoms with Crippen molar-refractivity contribution in [1.29, 1.82) is 0 Å². The van der Waals surface area contributed by atoms with E-state index in [0.29, 0.717) is 32.6 Å². The van der Waals surface area contributed by atoms with Gasteiger partial charge in [0.1, 0.15) is 5.82 Å². The van der Waals surface area contributed by atoms with Gasteiger partial charge in [0.25, 0.3) is 11.5 Å². The second-order valence-corrected chi connectivity index (χ2v) is 8.93. The summed E-state index contributed by atoms with van der Waals surface area (Å²) in [5, 5.41) is 6.83. The predicted molar refractivity (Wildman–Crippen MR) is 118 cm³/mol. The van der Waals surface area contributed by atoms with Gasteiger partial charge >= 0.3 is 0 Å². The lowest BCUT2D eigenvalue weighted by Gasteiger charge is -2.35. The Balaban J connectivity index is 1.51. The van der Waals surface area contributed by atoms with Gasteiger partial charge in [-0.3, -0.25) is 14.4 Å². The molecule has 1 fully saturated rings. The van der Waals surface area contributed by atoms with E-state index in [4.69, 9.17) is 0 Å². The van der Waals surface area contributed by atoms with Gasteiger partial charge in [0, 0.05) is 44.1 Å². The quantitative estimate of drug-likeness (QED) is 0.791. The van der Waals surface area contributed by atoms with Crippen LogP contribution in [0.5, 0.6) is 0 Å². The number of halogens is 1. The van der Waals surface area contributed by atoms with E-state index in [1.165, 1.54) is 6.07 Å². The van der Waals surface area contributed by atoms with Crippen molar-refractivity contribution in [2.75, 3.05) is 26.2 Å². The number of aromatic amines is 1. The zero-order chi connectivity index (χ0) is 22.8. The first-order valence-electron chi connectivity index (χ1n) is 11.3. The summed E-state index contributed by atoms with van der Waals surface area (Å²) >= 11 is 0. The molecule has 0 unspecified atom stereocenters. The maximum absolute atomic E-state index is 14.6. The molecule has 0 spiro atoms. The number of hydrogen-bond acceptors (Lipinski definition) is 4. The molecule has 1 aromatic carbocycles. The minimum absolute atomic E-state index is 0.0319. The van der Waals surface area contributed by atoms with Crippen LogP contribution < -0.4 is 5.56 Å². The topological polar surface area (TPSA) is 86.4 Å². The molecule has 0 radical (unpaired) electrons. The first-order valence-corrected chi connectivity index (χ1v) is 11.3. The lowest BCUT2D eigenvalue weighted by atomic mass is 9.90.